The first-order valence-electron chi connectivity index (χ1n) is 10.5. The topological polar surface area (TPSA) is 41.6 Å². The largest absolute Gasteiger partial charge is 0.493 e. The van der Waals surface area contributed by atoms with Crippen molar-refractivity contribution in [2.24, 2.45) is 0 Å². The number of unbranched alkanes of at least 4 members (excludes halogenated alkanes) is 1. The summed E-state index contributed by atoms with van der Waals surface area (Å²) in [5.41, 5.74) is 3.13. The lowest BCUT2D eigenvalue weighted by atomic mass is 10.0. The Hall–Kier alpha value is -2.33. The van der Waals surface area contributed by atoms with Gasteiger partial charge in [-0.15, -0.1) is 0 Å². The summed E-state index contributed by atoms with van der Waals surface area (Å²) in [6, 6.07) is 16.4. The first-order valence-corrected chi connectivity index (χ1v) is 10.5. The van der Waals surface area contributed by atoms with Crippen LogP contribution in [0.5, 0.6) is 5.75 Å². The average molecular weight is 381 g/mol. The predicted molar refractivity (Wildman–Crippen MR) is 114 cm³/mol. The molecule has 0 aromatic heterocycles. The van der Waals surface area contributed by atoms with Gasteiger partial charge in [-0.05, 0) is 57.0 Å². The number of likely N-dealkylation sites (tertiary alicyclic amines) is 1. The Kier molecular flexibility index (Phi) is 7.49. The molecule has 1 fully saturated rings. The molecule has 1 aliphatic heterocycles. The third-order valence-electron chi connectivity index (χ3n) is 5.39. The Morgan fingerprint density at radius 1 is 1.11 bits per heavy atom. The van der Waals surface area contributed by atoms with Gasteiger partial charge in [0.2, 0.25) is 0 Å². The van der Waals surface area contributed by atoms with Gasteiger partial charge in [0.05, 0.1) is 18.2 Å². The van der Waals surface area contributed by atoms with Gasteiger partial charge in [0.1, 0.15) is 5.75 Å². The summed E-state index contributed by atoms with van der Waals surface area (Å²) in [7, 11) is 0. The number of nitrogens with zero attached hydrogens (tertiary/aromatic N) is 1. The molecule has 1 heterocycles. The summed E-state index contributed by atoms with van der Waals surface area (Å²) in [6.07, 6.45) is 4.51. The minimum atomic E-state index is -0.0663. The highest BCUT2D eigenvalue weighted by Gasteiger charge is 2.24. The maximum atomic E-state index is 12.9. The Balaban J connectivity index is 1.69. The normalized spacial score (nSPS) is 15.4. The molecular weight excluding hydrogens is 348 g/mol. The SMILES string of the molecule is CCCCOc1ccccc1C(=O)NC[C@H](c1ccc(C)cc1)N1CCCC1. The average Bonchev–Trinajstić information content (AvgIpc) is 3.24. The van der Waals surface area contributed by atoms with Crippen LogP contribution in [0.2, 0.25) is 0 Å². The van der Waals surface area contributed by atoms with Crippen molar-refractivity contribution in [3.05, 3.63) is 65.2 Å². The number of carbonyl (C=O) groups excluding carboxylic acids is 1. The van der Waals surface area contributed by atoms with Crippen molar-refractivity contribution in [2.45, 2.75) is 45.6 Å². The van der Waals surface area contributed by atoms with Gasteiger partial charge in [-0.3, -0.25) is 9.69 Å². The molecule has 1 N–H and O–H groups in total. The fourth-order valence-electron chi connectivity index (χ4n) is 3.69. The number of rotatable bonds is 9. The van der Waals surface area contributed by atoms with Crippen LogP contribution in [0.3, 0.4) is 0 Å². The highest BCUT2D eigenvalue weighted by Crippen LogP contribution is 2.25. The number of carbonyl (C=O) groups is 1. The molecular formula is C24H32N2O2. The van der Waals surface area contributed by atoms with Crippen molar-refractivity contribution >= 4 is 5.91 Å². The van der Waals surface area contributed by atoms with Gasteiger partial charge >= 0.3 is 0 Å². The molecule has 4 nitrogen and oxygen atoms in total. The number of hydrogen-bond acceptors (Lipinski definition) is 3. The van der Waals surface area contributed by atoms with Crippen molar-refractivity contribution in [3.63, 3.8) is 0 Å². The molecule has 0 bridgehead atoms. The number of benzene rings is 2. The molecule has 150 valence electrons. The van der Waals surface area contributed by atoms with E-state index >= 15 is 0 Å². The van der Waals surface area contributed by atoms with Gasteiger partial charge in [-0.25, -0.2) is 0 Å². The van der Waals surface area contributed by atoms with Crippen molar-refractivity contribution in [3.8, 4) is 5.75 Å². The third kappa shape index (κ3) is 5.35. The van der Waals surface area contributed by atoms with E-state index in [-0.39, 0.29) is 11.9 Å². The lowest BCUT2D eigenvalue weighted by molar-refractivity contribution is 0.0933. The minimum absolute atomic E-state index is 0.0663. The minimum Gasteiger partial charge on any atom is -0.493 e. The molecule has 1 amide bonds. The van der Waals surface area contributed by atoms with Crippen LogP contribution < -0.4 is 10.1 Å². The highest BCUT2D eigenvalue weighted by atomic mass is 16.5. The van der Waals surface area contributed by atoms with Crippen molar-refractivity contribution in [2.75, 3.05) is 26.2 Å². The van der Waals surface area contributed by atoms with Crippen LogP contribution >= 0.6 is 0 Å². The van der Waals surface area contributed by atoms with E-state index in [1.807, 2.05) is 24.3 Å². The maximum Gasteiger partial charge on any atom is 0.255 e. The summed E-state index contributed by atoms with van der Waals surface area (Å²) >= 11 is 0. The smallest absolute Gasteiger partial charge is 0.255 e. The Morgan fingerprint density at radius 2 is 1.82 bits per heavy atom. The zero-order valence-corrected chi connectivity index (χ0v) is 17.1. The quantitative estimate of drug-likeness (QED) is 0.639. The standard InChI is InChI=1S/C24H32N2O2/c1-3-4-17-28-23-10-6-5-9-21(23)24(27)25-18-22(26-15-7-8-16-26)20-13-11-19(2)12-14-20/h5-6,9-14,22H,3-4,7-8,15-18H2,1-2H3,(H,25,27)/t22-/m1/s1. The fraction of sp³-hybridized carbons (Fsp3) is 0.458. The number of nitrogens with one attached hydrogen (secondary N) is 1. The van der Waals surface area contributed by atoms with Gasteiger partial charge in [0.15, 0.2) is 0 Å². The number of ether oxygens (including phenoxy) is 1. The van der Waals surface area contributed by atoms with E-state index in [2.05, 4.69) is 48.3 Å². The molecule has 2 aromatic rings. The highest BCUT2D eigenvalue weighted by molar-refractivity contribution is 5.96. The molecule has 0 unspecified atom stereocenters. The second kappa shape index (κ2) is 10.3. The van der Waals surface area contributed by atoms with Crippen molar-refractivity contribution in [1.82, 2.24) is 10.2 Å². The van der Waals surface area contributed by atoms with Gasteiger partial charge in [-0.1, -0.05) is 55.3 Å². The molecule has 0 spiro atoms. The lowest BCUT2D eigenvalue weighted by Gasteiger charge is -2.28. The van der Waals surface area contributed by atoms with Crippen molar-refractivity contribution in [1.29, 1.82) is 0 Å². The monoisotopic (exact) mass is 380 g/mol. The maximum absolute atomic E-state index is 12.9. The number of aryl methyl sites for hydroxylation is 1. The fourth-order valence-corrected chi connectivity index (χ4v) is 3.69. The van der Waals surface area contributed by atoms with E-state index in [1.54, 1.807) is 0 Å². The van der Waals surface area contributed by atoms with Crippen LogP contribution in [-0.2, 0) is 0 Å². The molecule has 1 saturated heterocycles. The zero-order valence-electron chi connectivity index (χ0n) is 17.1. The van der Waals surface area contributed by atoms with E-state index in [0.29, 0.717) is 24.5 Å². The molecule has 28 heavy (non-hydrogen) atoms. The zero-order chi connectivity index (χ0) is 19.8. The molecule has 1 atom stereocenters. The predicted octanol–water partition coefficient (Wildman–Crippen LogP) is 4.74. The first-order chi connectivity index (χ1) is 13.7. The van der Waals surface area contributed by atoms with Crippen LogP contribution in [0.4, 0.5) is 0 Å². The Bertz CT molecular complexity index is 751. The molecule has 3 rings (SSSR count). The van der Waals surface area contributed by atoms with Crippen LogP contribution in [0.1, 0.15) is 60.1 Å². The summed E-state index contributed by atoms with van der Waals surface area (Å²) in [4.78, 5) is 15.4. The summed E-state index contributed by atoms with van der Waals surface area (Å²) in [6.45, 7) is 7.65. The van der Waals surface area contributed by atoms with Crippen LogP contribution in [0, 0.1) is 6.92 Å². The van der Waals surface area contributed by atoms with Gasteiger partial charge < -0.3 is 10.1 Å². The molecule has 1 aliphatic rings. The second-order valence-electron chi connectivity index (χ2n) is 7.58. The Labute approximate surface area is 168 Å². The third-order valence-corrected chi connectivity index (χ3v) is 5.39. The van der Waals surface area contributed by atoms with E-state index in [1.165, 1.54) is 24.0 Å². The molecule has 0 radical (unpaired) electrons. The second-order valence-corrected chi connectivity index (χ2v) is 7.58. The molecule has 2 aromatic carbocycles. The van der Waals surface area contributed by atoms with E-state index in [9.17, 15) is 4.79 Å². The van der Waals surface area contributed by atoms with Gasteiger partial charge in [-0.2, -0.15) is 0 Å². The summed E-state index contributed by atoms with van der Waals surface area (Å²) in [5, 5.41) is 3.16. The van der Waals surface area contributed by atoms with Crippen LogP contribution in [-0.4, -0.2) is 37.0 Å². The Morgan fingerprint density at radius 3 is 2.54 bits per heavy atom. The van der Waals surface area contributed by atoms with Gasteiger partial charge in [0, 0.05) is 6.54 Å². The number of para-hydroxylation sites is 1. The van der Waals surface area contributed by atoms with E-state index in [0.717, 1.165) is 25.9 Å². The van der Waals surface area contributed by atoms with Crippen molar-refractivity contribution < 1.29 is 9.53 Å². The number of hydrogen-bond donors (Lipinski definition) is 1. The van der Waals surface area contributed by atoms with Crippen LogP contribution in [0.15, 0.2) is 48.5 Å². The first kappa shape index (κ1) is 20.4. The number of amides is 1. The summed E-state index contributed by atoms with van der Waals surface area (Å²) in [5.74, 6) is 0.602. The molecule has 0 aliphatic carbocycles. The molecule has 4 heteroatoms. The van der Waals surface area contributed by atoms with E-state index < -0.39 is 0 Å². The lowest BCUT2D eigenvalue weighted by Crippen LogP contribution is -2.37. The summed E-state index contributed by atoms with van der Waals surface area (Å²) < 4.78 is 5.83. The van der Waals surface area contributed by atoms with E-state index in [4.69, 9.17) is 4.74 Å². The molecule has 0 saturated carbocycles. The van der Waals surface area contributed by atoms with Crippen LogP contribution in [0.25, 0.3) is 0 Å². The van der Waals surface area contributed by atoms with Gasteiger partial charge in [0.25, 0.3) is 5.91 Å².